The largest absolute Gasteiger partial charge is 0.392 e. The fourth-order valence-corrected chi connectivity index (χ4v) is 3.45. The molecule has 1 aromatic carbocycles. The van der Waals surface area contributed by atoms with Crippen LogP contribution < -0.4 is 0 Å². The average molecular weight is 292 g/mol. The van der Waals surface area contributed by atoms with Gasteiger partial charge in [0, 0.05) is 18.1 Å². The summed E-state index contributed by atoms with van der Waals surface area (Å²) in [5.74, 6) is 0. The van der Waals surface area contributed by atoms with E-state index < -0.39 is 10.0 Å². The summed E-state index contributed by atoms with van der Waals surface area (Å²) in [7, 11) is -3.50. The predicted octanol–water partition coefficient (Wildman–Crippen LogP) is 2.25. The summed E-state index contributed by atoms with van der Waals surface area (Å²) in [5.41, 5.74) is 0.422. The highest BCUT2D eigenvalue weighted by Gasteiger charge is 2.22. The van der Waals surface area contributed by atoms with Gasteiger partial charge < -0.3 is 5.11 Å². The highest BCUT2D eigenvalue weighted by Crippen LogP contribution is 2.23. The molecule has 0 aliphatic carbocycles. The minimum atomic E-state index is -3.50. The Morgan fingerprint density at radius 1 is 1.33 bits per heavy atom. The maximum absolute atomic E-state index is 12.3. The molecule has 0 aliphatic rings. The van der Waals surface area contributed by atoms with Crippen LogP contribution in [-0.2, 0) is 16.6 Å². The molecule has 0 aliphatic heterocycles. The van der Waals surface area contributed by atoms with Gasteiger partial charge in [-0.3, -0.25) is 0 Å². The molecule has 18 heavy (non-hydrogen) atoms. The van der Waals surface area contributed by atoms with Gasteiger partial charge in [-0.15, -0.1) is 0 Å². The number of hydrogen-bond acceptors (Lipinski definition) is 3. The van der Waals surface area contributed by atoms with Crippen LogP contribution in [0.5, 0.6) is 0 Å². The Morgan fingerprint density at radius 2 is 2.00 bits per heavy atom. The highest BCUT2D eigenvalue weighted by molar-refractivity contribution is 7.89. The van der Waals surface area contributed by atoms with Crippen LogP contribution in [0.2, 0.25) is 5.02 Å². The molecule has 1 N–H and O–H groups in total. The topological polar surface area (TPSA) is 57.6 Å². The van der Waals surface area contributed by atoms with E-state index >= 15 is 0 Å². The van der Waals surface area contributed by atoms with Crippen molar-refractivity contribution in [1.29, 1.82) is 0 Å². The normalized spacial score (nSPS) is 12.1. The van der Waals surface area contributed by atoms with E-state index in [-0.39, 0.29) is 11.5 Å². The predicted molar refractivity (Wildman–Crippen MR) is 72.1 cm³/mol. The van der Waals surface area contributed by atoms with Gasteiger partial charge in [-0.25, -0.2) is 8.42 Å². The third-order valence-electron chi connectivity index (χ3n) is 2.65. The quantitative estimate of drug-likeness (QED) is 0.874. The van der Waals surface area contributed by atoms with Crippen molar-refractivity contribution in [3.8, 4) is 0 Å². The number of benzene rings is 1. The third kappa shape index (κ3) is 3.23. The summed E-state index contributed by atoms with van der Waals surface area (Å²) in [6, 6.07) is 4.39. The van der Waals surface area contributed by atoms with Crippen LogP contribution in [0.4, 0.5) is 0 Å². The van der Waals surface area contributed by atoms with Crippen molar-refractivity contribution in [3.05, 3.63) is 28.8 Å². The molecule has 4 nitrogen and oxygen atoms in total. The molecule has 1 rings (SSSR count). The molecule has 0 radical (unpaired) electrons. The number of halogens is 1. The molecule has 0 saturated carbocycles. The number of nitrogens with zero attached hydrogens (tertiary/aromatic N) is 1. The minimum absolute atomic E-state index is 0.172. The zero-order valence-corrected chi connectivity index (χ0v) is 12.1. The molecule has 0 fully saturated rings. The molecule has 0 unspecified atom stereocenters. The van der Waals surface area contributed by atoms with Crippen LogP contribution in [0.1, 0.15) is 25.8 Å². The van der Waals surface area contributed by atoms with Gasteiger partial charge >= 0.3 is 0 Å². The first-order valence-corrected chi connectivity index (χ1v) is 7.68. The fraction of sp³-hybridized carbons (Fsp3) is 0.500. The number of hydrogen-bond donors (Lipinski definition) is 1. The van der Waals surface area contributed by atoms with Crippen LogP contribution in [0.3, 0.4) is 0 Å². The lowest BCUT2D eigenvalue weighted by Gasteiger charge is -2.20. The Labute approximate surface area is 113 Å². The monoisotopic (exact) mass is 291 g/mol. The standard InChI is InChI=1S/C12H18ClNO3S/c1-3-7-14(4-2)18(16,17)11-5-6-12(13)10(8-11)9-15/h5-6,8,15H,3-4,7,9H2,1-2H3. The molecule has 0 atom stereocenters. The molecule has 1 aromatic rings. The van der Waals surface area contributed by atoms with Crippen LogP contribution in [0.25, 0.3) is 0 Å². The van der Waals surface area contributed by atoms with E-state index in [1.54, 1.807) is 6.92 Å². The van der Waals surface area contributed by atoms with E-state index in [1.165, 1.54) is 22.5 Å². The van der Waals surface area contributed by atoms with Crippen LogP contribution >= 0.6 is 11.6 Å². The van der Waals surface area contributed by atoms with E-state index in [2.05, 4.69) is 0 Å². The summed E-state index contributed by atoms with van der Waals surface area (Å²) in [4.78, 5) is 0.172. The lowest BCUT2D eigenvalue weighted by atomic mass is 10.2. The van der Waals surface area contributed by atoms with Crippen molar-refractivity contribution in [2.75, 3.05) is 13.1 Å². The van der Waals surface area contributed by atoms with Crippen molar-refractivity contribution in [2.24, 2.45) is 0 Å². The average Bonchev–Trinajstić information content (AvgIpc) is 2.35. The molecule has 0 saturated heterocycles. The molecule has 0 bridgehead atoms. The summed E-state index contributed by atoms with van der Waals surface area (Å²) in [5, 5.41) is 9.49. The molecule has 0 aromatic heterocycles. The van der Waals surface area contributed by atoms with E-state index in [4.69, 9.17) is 16.7 Å². The Bertz CT molecular complexity index is 502. The van der Waals surface area contributed by atoms with Crippen molar-refractivity contribution < 1.29 is 13.5 Å². The number of rotatable bonds is 6. The lowest BCUT2D eigenvalue weighted by molar-refractivity contribution is 0.281. The minimum Gasteiger partial charge on any atom is -0.392 e. The van der Waals surface area contributed by atoms with E-state index in [9.17, 15) is 8.42 Å². The Kier molecular flexibility index (Phi) is 5.59. The van der Waals surface area contributed by atoms with Gasteiger partial charge in [0.2, 0.25) is 10.0 Å². The van der Waals surface area contributed by atoms with Gasteiger partial charge in [0.05, 0.1) is 11.5 Å². The first kappa shape index (κ1) is 15.4. The first-order chi connectivity index (χ1) is 8.47. The maximum Gasteiger partial charge on any atom is 0.243 e. The molecular formula is C12H18ClNO3S. The summed E-state index contributed by atoms with van der Waals surface area (Å²) in [6.45, 7) is 4.36. The van der Waals surface area contributed by atoms with Crippen LogP contribution in [0.15, 0.2) is 23.1 Å². The van der Waals surface area contributed by atoms with Gasteiger partial charge in [0.1, 0.15) is 0 Å². The zero-order valence-electron chi connectivity index (χ0n) is 10.6. The van der Waals surface area contributed by atoms with Gasteiger partial charge in [-0.1, -0.05) is 25.4 Å². The van der Waals surface area contributed by atoms with E-state index in [1.807, 2.05) is 6.92 Å². The van der Waals surface area contributed by atoms with Crippen molar-refractivity contribution in [3.63, 3.8) is 0 Å². The highest BCUT2D eigenvalue weighted by atomic mass is 35.5. The third-order valence-corrected chi connectivity index (χ3v) is 4.99. The Balaban J connectivity index is 3.19. The fourth-order valence-electron chi connectivity index (χ4n) is 1.68. The summed E-state index contributed by atoms with van der Waals surface area (Å²) in [6.07, 6.45) is 0.757. The molecule has 6 heteroatoms. The smallest absolute Gasteiger partial charge is 0.243 e. The second-order valence-electron chi connectivity index (χ2n) is 3.91. The first-order valence-electron chi connectivity index (χ1n) is 5.86. The van der Waals surface area contributed by atoms with Crippen LogP contribution in [0, 0.1) is 0 Å². The lowest BCUT2D eigenvalue weighted by Crippen LogP contribution is -2.31. The zero-order chi connectivity index (χ0) is 13.8. The van der Waals surface area contributed by atoms with Gasteiger partial charge in [0.25, 0.3) is 0 Å². The van der Waals surface area contributed by atoms with Gasteiger partial charge in [-0.05, 0) is 30.2 Å². The number of aliphatic hydroxyl groups excluding tert-OH is 1. The number of aliphatic hydroxyl groups is 1. The number of sulfonamides is 1. The second kappa shape index (κ2) is 6.52. The van der Waals surface area contributed by atoms with Gasteiger partial charge in [0.15, 0.2) is 0 Å². The van der Waals surface area contributed by atoms with Crippen LogP contribution in [-0.4, -0.2) is 30.9 Å². The van der Waals surface area contributed by atoms with Crippen molar-refractivity contribution in [2.45, 2.75) is 31.8 Å². The van der Waals surface area contributed by atoms with Gasteiger partial charge in [-0.2, -0.15) is 4.31 Å². The molecular weight excluding hydrogens is 274 g/mol. The molecule has 0 spiro atoms. The summed E-state index contributed by atoms with van der Waals surface area (Å²) < 4.78 is 26.1. The van der Waals surface area contributed by atoms with E-state index in [0.717, 1.165) is 6.42 Å². The summed E-state index contributed by atoms with van der Waals surface area (Å²) >= 11 is 5.85. The maximum atomic E-state index is 12.3. The SMILES string of the molecule is CCCN(CC)S(=O)(=O)c1ccc(Cl)c(CO)c1. The van der Waals surface area contributed by atoms with E-state index in [0.29, 0.717) is 23.7 Å². The molecule has 0 amide bonds. The van der Waals surface area contributed by atoms with Crippen molar-refractivity contribution in [1.82, 2.24) is 4.31 Å². The molecule has 102 valence electrons. The second-order valence-corrected chi connectivity index (χ2v) is 6.25. The Morgan fingerprint density at radius 3 is 2.50 bits per heavy atom. The van der Waals surface area contributed by atoms with Crippen molar-refractivity contribution >= 4 is 21.6 Å². The Hall–Kier alpha value is -0.620. The molecule has 0 heterocycles.